The molecular weight excluding hydrogens is 328 g/mol. The van der Waals surface area contributed by atoms with Crippen LogP contribution in [0.5, 0.6) is 0 Å². The molecule has 0 saturated carbocycles. The van der Waals surface area contributed by atoms with Gasteiger partial charge in [0, 0.05) is 35.2 Å². The molecule has 4 N–H and O–H groups in total. The summed E-state index contributed by atoms with van der Waals surface area (Å²) in [6, 6.07) is -0.701. The molecule has 1 fully saturated rings. The number of hydrogen-bond acceptors (Lipinski definition) is 6. The number of carboxylic acids is 2. The predicted molar refractivity (Wildman–Crippen MR) is 88.0 cm³/mol. The summed E-state index contributed by atoms with van der Waals surface area (Å²) in [5, 5.41) is 18.2. The standard InChI is InChI=1S/C17H22N2O6/c1-9(11(16(22)23)8-14(20)21)15(18)12-7-10-3-2-4-13-17(10,19-12)25-6-5-24-13/h4,8-10,15H,2-3,5-7,18H2,1H3,(H,20,21)(H,22,23)/t9?,10?,15?,17-/m0/s1. The Morgan fingerprint density at radius 1 is 1.44 bits per heavy atom. The molecule has 1 saturated heterocycles. The molecule has 0 aromatic heterocycles. The monoisotopic (exact) mass is 350 g/mol. The maximum absolute atomic E-state index is 11.4. The van der Waals surface area contributed by atoms with Gasteiger partial charge in [-0.3, -0.25) is 4.99 Å². The van der Waals surface area contributed by atoms with E-state index in [-0.39, 0.29) is 11.5 Å². The van der Waals surface area contributed by atoms with E-state index in [1.54, 1.807) is 6.92 Å². The first-order valence-electron chi connectivity index (χ1n) is 8.34. The van der Waals surface area contributed by atoms with Crippen molar-refractivity contribution in [3.05, 3.63) is 23.5 Å². The summed E-state index contributed by atoms with van der Waals surface area (Å²) < 4.78 is 11.7. The maximum Gasteiger partial charge on any atom is 0.332 e. The topological polar surface area (TPSA) is 131 Å². The highest BCUT2D eigenvalue weighted by Gasteiger charge is 2.53. The van der Waals surface area contributed by atoms with Gasteiger partial charge in [0.1, 0.15) is 12.4 Å². The second-order valence-corrected chi connectivity index (χ2v) is 6.60. The molecule has 0 bridgehead atoms. The Kier molecular flexibility index (Phi) is 4.66. The minimum Gasteiger partial charge on any atom is -0.491 e. The zero-order valence-electron chi connectivity index (χ0n) is 14.0. The summed E-state index contributed by atoms with van der Waals surface area (Å²) in [4.78, 5) is 27.0. The quantitative estimate of drug-likeness (QED) is 0.628. The van der Waals surface area contributed by atoms with Crippen molar-refractivity contribution in [3.63, 3.8) is 0 Å². The predicted octanol–water partition coefficient (Wildman–Crippen LogP) is 0.927. The number of aliphatic carboxylic acids is 2. The fourth-order valence-electron chi connectivity index (χ4n) is 3.80. The molecule has 3 unspecified atom stereocenters. The van der Waals surface area contributed by atoms with E-state index in [2.05, 4.69) is 0 Å². The van der Waals surface area contributed by atoms with Gasteiger partial charge in [-0.25, -0.2) is 9.59 Å². The first kappa shape index (κ1) is 17.6. The molecular formula is C17H22N2O6. The van der Waals surface area contributed by atoms with E-state index in [1.165, 1.54) is 0 Å². The lowest BCUT2D eigenvalue weighted by atomic mass is 9.81. The van der Waals surface area contributed by atoms with Gasteiger partial charge in [-0.05, 0) is 25.3 Å². The van der Waals surface area contributed by atoms with E-state index in [0.29, 0.717) is 37.2 Å². The molecule has 136 valence electrons. The molecule has 1 aliphatic carbocycles. The van der Waals surface area contributed by atoms with E-state index in [0.717, 1.165) is 12.8 Å². The normalized spacial score (nSPS) is 31.0. The van der Waals surface area contributed by atoms with Gasteiger partial charge in [0.2, 0.25) is 5.72 Å². The van der Waals surface area contributed by atoms with Crippen LogP contribution in [-0.2, 0) is 19.1 Å². The van der Waals surface area contributed by atoms with E-state index in [9.17, 15) is 14.7 Å². The molecule has 4 atom stereocenters. The van der Waals surface area contributed by atoms with Crippen LogP contribution in [0.15, 0.2) is 28.5 Å². The van der Waals surface area contributed by atoms with Gasteiger partial charge in [0.15, 0.2) is 0 Å². The fraction of sp³-hybridized carbons (Fsp3) is 0.588. The highest BCUT2D eigenvalue weighted by Crippen LogP contribution is 2.47. The lowest BCUT2D eigenvalue weighted by Gasteiger charge is -2.40. The fourth-order valence-corrected chi connectivity index (χ4v) is 3.80. The molecule has 1 spiro atoms. The van der Waals surface area contributed by atoms with Crippen molar-refractivity contribution in [1.82, 2.24) is 0 Å². The SMILES string of the molecule is CC(C(=CC(=O)O)C(=O)O)C(N)C1=N[C@@]23OCCOC2=CCCC3C1. The number of aliphatic imine (C=N–C) groups is 1. The summed E-state index contributed by atoms with van der Waals surface area (Å²) >= 11 is 0. The summed E-state index contributed by atoms with van der Waals surface area (Å²) in [6.07, 6.45) is 5.03. The van der Waals surface area contributed by atoms with Crippen LogP contribution in [-0.4, -0.2) is 52.8 Å². The van der Waals surface area contributed by atoms with Crippen LogP contribution < -0.4 is 5.73 Å². The van der Waals surface area contributed by atoms with Crippen LogP contribution >= 0.6 is 0 Å². The Labute approximate surface area is 145 Å². The Morgan fingerprint density at radius 2 is 2.20 bits per heavy atom. The minimum absolute atomic E-state index is 0.109. The Hall–Kier alpha value is -2.19. The van der Waals surface area contributed by atoms with Crippen LogP contribution in [0.3, 0.4) is 0 Å². The number of nitrogens with zero attached hydrogens (tertiary/aromatic N) is 1. The highest BCUT2D eigenvalue weighted by molar-refractivity contribution is 5.98. The Balaban J connectivity index is 1.88. The molecule has 3 rings (SSSR count). The van der Waals surface area contributed by atoms with E-state index in [4.69, 9.17) is 25.3 Å². The van der Waals surface area contributed by atoms with Crippen molar-refractivity contribution in [1.29, 1.82) is 0 Å². The van der Waals surface area contributed by atoms with Crippen molar-refractivity contribution in [2.75, 3.05) is 13.2 Å². The van der Waals surface area contributed by atoms with Gasteiger partial charge in [-0.15, -0.1) is 0 Å². The number of carboxylic acid groups (broad SMARTS) is 2. The molecule has 2 heterocycles. The molecule has 8 heteroatoms. The number of carbonyl (C=O) groups is 2. The van der Waals surface area contributed by atoms with Gasteiger partial charge in [0.05, 0.1) is 6.61 Å². The maximum atomic E-state index is 11.4. The number of rotatable bonds is 5. The van der Waals surface area contributed by atoms with Gasteiger partial charge >= 0.3 is 11.9 Å². The van der Waals surface area contributed by atoms with Crippen LogP contribution in [0.2, 0.25) is 0 Å². The third-order valence-electron chi connectivity index (χ3n) is 5.12. The summed E-state index contributed by atoms with van der Waals surface area (Å²) in [5.74, 6) is -2.48. The number of hydrogen-bond donors (Lipinski definition) is 3. The summed E-state index contributed by atoms with van der Waals surface area (Å²) in [7, 11) is 0. The van der Waals surface area contributed by atoms with Gasteiger partial charge in [0.25, 0.3) is 0 Å². The average Bonchev–Trinajstić information content (AvgIpc) is 2.95. The Morgan fingerprint density at radius 3 is 2.88 bits per heavy atom. The van der Waals surface area contributed by atoms with Gasteiger partial charge in [-0.2, -0.15) is 0 Å². The van der Waals surface area contributed by atoms with Crippen molar-refractivity contribution in [2.45, 2.75) is 38.0 Å². The van der Waals surface area contributed by atoms with Crippen molar-refractivity contribution in [3.8, 4) is 0 Å². The van der Waals surface area contributed by atoms with Gasteiger partial charge < -0.3 is 25.4 Å². The minimum atomic E-state index is -1.31. The first-order valence-corrected chi connectivity index (χ1v) is 8.34. The molecule has 0 amide bonds. The van der Waals surface area contributed by atoms with Crippen LogP contribution in [0.25, 0.3) is 0 Å². The highest BCUT2D eigenvalue weighted by atomic mass is 16.6. The van der Waals surface area contributed by atoms with Crippen molar-refractivity contribution in [2.24, 2.45) is 22.6 Å². The van der Waals surface area contributed by atoms with E-state index in [1.807, 2.05) is 6.08 Å². The second kappa shape index (κ2) is 6.61. The van der Waals surface area contributed by atoms with E-state index >= 15 is 0 Å². The number of ether oxygens (including phenoxy) is 2. The van der Waals surface area contributed by atoms with Crippen molar-refractivity contribution < 1.29 is 29.3 Å². The largest absolute Gasteiger partial charge is 0.491 e. The van der Waals surface area contributed by atoms with Crippen LogP contribution in [0, 0.1) is 11.8 Å². The molecule has 8 nitrogen and oxygen atoms in total. The van der Waals surface area contributed by atoms with Gasteiger partial charge in [-0.1, -0.05) is 6.92 Å². The summed E-state index contributed by atoms with van der Waals surface area (Å²) in [6.45, 7) is 2.53. The molecule has 25 heavy (non-hydrogen) atoms. The van der Waals surface area contributed by atoms with E-state index < -0.39 is 29.6 Å². The molecule has 2 aliphatic heterocycles. The molecule has 0 radical (unpaired) electrons. The molecule has 3 aliphatic rings. The van der Waals surface area contributed by atoms with Crippen LogP contribution in [0.4, 0.5) is 0 Å². The van der Waals surface area contributed by atoms with Crippen LogP contribution in [0.1, 0.15) is 26.2 Å². The zero-order chi connectivity index (χ0) is 18.2. The number of nitrogens with two attached hydrogens (primary N) is 1. The molecule has 0 aromatic carbocycles. The third-order valence-corrected chi connectivity index (χ3v) is 5.12. The lowest BCUT2D eigenvalue weighted by Crippen LogP contribution is -2.45. The molecule has 0 aromatic rings. The Bertz CT molecular complexity index is 683. The first-order chi connectivity index (χ1) is 11.8. The lowest BCUT2D eigenvalue weighted by molar-refractivity contribution is -0.136. The smallest absolute Gasteiger partial charge is 0.332 e. The third kappa shape index (κ3) is 3.07. The second-order valence-electron chi connectivity index (χ2n) is 6.60. The zero-order valence-corrected chi connectivity index (χ0v) is 14.0. The number of allylic oxidation sites excluding steroid dienone is 1. The average molecular weight is 350 g/mol. The summed E-state index contributed by atoms with van der Waals surface area (Å²) in [5.41, 5.74) is 5.82. The van der Waals surface area contributed by atoms with Crippen molar-refractivity contribution >= 4 is 17.7 Å².